The Balaban J connectivity index is 1.46. The molecule has 1 fully saturated rings. The molecule has 0 aliphatic carbocycles. The lowest BCUT2D eigenvalue weighted by atomic mass is 9.86. The molecule has 0 saturated carbocycles. The standard InChI is InChI=1S/C30H28ClN3O4/c1-3-38-25-13-12-18(14-26(25)37-2)29-28-21(20-9-5-7-11-23(20)32-28)15-24-30(36)33(17-27(35)34(24)29)16-19-8-4-6-10-22(19)31/h4-14,24,29,32H,3,15-17H2,1-2H3/t24-,29+/m0/s1. The first-order valence-electron chi connectivity index (χ1n) is 12.7. The van der Waals surface area contributed by atoms with Gasteiger partial charge in [-0.25, -0.2) is 0 Å². The van der Waals surface area contributed by atoms with E-state index < -0.39 is 12.1 Å². The Bertz CT molecular complexity index is 1550. The number of carbonyl (C=O) groups is 2. The average Bonchev–Trinajstić information content (AvgIpc) is 3.30. The number of para-hydroxylation sites is 1. The van der Waals surface area contributed by atoms with Gasteiger partial charge in [0.05, 0.1) is 19.8 Å². The van der Waals surface area contributed by atoms with Crippen molar-refractivity contribution in [3.05, 3.63) is 94.1 Å². The molecule has 194 valence electrons. The summed E-state index contributed by atoms with van der Waals surface area (Å²) < 4.78 is 11.4. The molecule has 2 amide bonds. The molecule has 6 rings (SSSR count). The molecule has 8 heteroatoms. The number of aromatic amines is 1. The van der Waals surface area contributed by atoms with Crippen LogP contribution in [0.25, 0.3) is 10.9 Å². The summed E-state index contributed by atoms with van der Waals surface area (Å²) in [5.41, 5.74) is 4.63. The van der Waals surface area contributed by atoms with Gasteiger partial charge in [0.2, 0.25) is 11.8 Å². The van der Waals surface area contributed by atoms with Gasteiger partial charge < -0.3 is 24.3 Å². The van der Waals surface area contributed by atoms with Crippen LogP contribution in [0.2, 0.25) is 5.02 Å². The first-order valence-corrected chi connectivity index (χ1v) is 13.1. The lowest BCUT2D eigenvalue weighted by Crippen LogP contribution is -2.62. The second-order valence-corrected chi connectivity index (χ2v) is 10.0. The number of hydrogen-bond acceptors (Lipinski definition) is 4. The highest BCUT2D eigenvalue weighted by atomic mass is 35.5. The predicted octanol–water partition coefficient (Wildman–Crippen LogP) is 5.11. The number of halogens is 1. The molecule has 3 heterocycles. The molecule has 0 spiro atoms. The number of aromatic nitrogens is 1. The zero-order valence-electron chi connectivity index (χ0n) is 21.2. The third-order valence-electron chi connectivity index (χ3n) is 7.46. The van der Waals surface area contributed by atoms with Gasteiger partial charge in [-0.05, 0) is 47.9 Å². The van der Waals surface area contributed by atoms with Crippen molar-refractivity contribution in [1.29, 1.82) is 0 Å². The smallest absolute Gasteiger partial charge is 0.246 e. The van der Waals surface area contributed by atoms with Gasteiger partial charge >= 0.3 is 0 Å². The molecule has 1 N–H and O–H groups in total. The van der Waals surface area contributed by atoms with Gasteiger partial charge in [-0.2, -0.15) is 0 Å². The van der Waals surface area contributed by atoms with Crippen molar-refractivity contribution in [3.63, 3.8) is 0 Å². The summed E-state index contributed by atoms with van der Waals surface area (Å²) in [7, 11) is 1.60. The van der Waals surface area contributed by atoms with Crippen LogP contribution in [-0.4, -0.2) is 52.9 Å². The summed E-state index contributed by atoms with van der Waals surface area (Å²) in [6, 6.07) is 20.1. The van der Waals surface area contributed by atoms with Gasteiger partial charge in [0.15, 0.2) is 11.5 Å². The highest BCUT2D eigenvalue weighted by Crippen LogP contribution is 2.44. The van der Waals surface area contributed by atoms with Crippen LogP contribution in [0.5, 0.6) is 11.5 Å². The number of nitrogens with one attached hydrogen (secondary N) is 1. The number of ether oxygens (including phenoxy) is 2. The van der Waals surface area contributed by atoms with E-state index in [0.29, 0.717) is 29.5 Å². The van der Waals surface area contributed by atoms with Gasteiger partial charge in [-0.1, -0.05) is 54.1 Å². The number of methoxy groups -OCH3 is 1. The third kappa shape index (κ3) is 3.98. The lowest BCUT2D eigenvalue weighted by Gasteiger charge is -2.47. The average molecular weight is 530 g/mol. The Morgan fingerprint density at radius 2 is 1.82 bits per heavy atom. The van der Waals surface area contributed by atoms with Crippen LogP contribution in [0.3, 0.4) is 0 Å². The van der Waals surface area contributed by atoms with Crippen molar-refractivity contribution in [2.45, 2.75) is 32.0 Å². The number of benzene rings is 3. The van der Waals surface area contributed by atoms with E-state index in [0.717, 1.165) is 33.3 Å². The number of rotatable bonds is 6. The summed E-state index contributed by atoms with van der Waals surface area (Å²) in [6.07, 6.45) is 0.438. The van der Waals surface area contributed by atoms with E-state index in [-0.39, 0.29) is 24.9 Å². The maximum atomic E-state index is 14.0. The number of H-pyrrole nitrogens is 1. The van der Waals surface area contributed by atoms with Crippen LogP contribution in [-0.2, 0) is 22.6 Å². The fourth-order valence-corrected chi connectivity index (χ4v) is 5.96. The fourth-order valence-electron chi connectivity index (χ4n) is 5.76. The predicted molar refractivity (Wildman–Crippen MR) is 146 cm³/mol. The minimum absolute atomic E-state index is 0.0131. The summed E-state index contributed by atoms with van der Waals surface area (Å²) in [4.78, 5) is 34.7. The second kappa shape index (κ2) is 9.72. The van der Waals surface area contributed by atoms with Gasteiger partial charge in [-0.3, -0.25) is 9.59 Å². The SMILES string of the molecule is CCOc1ccc([C@@H]2c3[nH]c4ccccc4c3C[C@H]3C(=O)N(Cc4ccccc4Cl)CC(=O)N23)cc1OC. The van der Waals surface area contributed by atoms with Crippen LogP contribution in [0.4, 0.5) is 0 Å². The molecular weight excluding hydrogens is 502 g/mol. The summed E-state index contributed by atoms with van der Waals surface area (Å²) in [6.45, 7) is 2.70. The zero-order chi connectivity index (χ0) is 26.4. The van der Waals surface area contributed by atoms with Gasteiger partial charge in [0.25, 0.3) is 0 Å². The molecule has 38 heavy (non-hydrogen) atoms. The second-order valence-electron chi connectivity index (χ2n) is 9.62. The first kappa shape index (κ1) is 24.4. The summed E-state index contributed by atoms with van der Waals surface area (Å²) >= 11 is 6.39. The van der Waals surface area contributed by atoms with E-state index in [4.69, 9.17) is 21.1 Å². The maximum Gasteiger partial charge on any atom is 0.246 e. The topological polar surface area (TPSA) is 74.9 Å². The molecule has 1 aromatic heterocycles. The summed E-state index contributed by atoms with van der Waals surface area (Å²) in [5, 5.41) is 1.64. The van der Waals surface area contributed by atoms with Crippen molar-refractivity contribution < 1.29 is 19.1 Å². The largest absolute Gasteiger partial charge is 0.493 e. The van der Waals surface area contributed by atoms with Crippen LogP contribution >= 0.6 is 11.6 Å². The monoisotopic (exact) mass is 529 g/mol. The van der Waals surface area contributed by atoms with E-state index >= 15 is 0 Å². The lowest BCUT2D eigenvalue weighted by molar-refractivity contribution is -0.159. The van der Waals surface area contributed by atoms with Crippen molar-refractivity contribution in [2.75, 3.05) is 20.3 Å². The quantitative estimate of drug-likeness (QED) is 0.376. The normalized spacial score (nSPS) is 18.9. The Kier molecular flexibility index (Phi) is 6.24. The van der Waals surface area contributed by atoms with Crippen molar-refractivity contribution in [3.8, 4) is 11.5 Å². The molecular formula is C30H28ClN3O4. The number of piperazine rings is 1. The van der Waals surface area contributed by atoms with Gasteiger partial charge in [0.1, 0.15) is 12.6 Å². The molecule has 4 aromatic rings. The number of fused-ring (bicyclic) bond motifs is 4. The van der Waals surface area contributed by atoms with Gasteiger partial charge in [-0.15, -0.1) is 0 Å². The van der Waals surface area contributed by atoms with Crippen LogP contribution in [0.15, 0.2) is 66.7 Å². The molecule has 1 saturated heterocycles. The number of carbonyl (C=O) groups excluding carboxylic acids is 2. The zero-order valence-corrected chi connectivity index (χ0v) is 22.0. The fraction of sp³-hybridized carbons (Fsp3) is 0.267. The molecule has 7 nitrogen and oxygen atoms in total. The van der Waals surface area contributed by atoms with Crippen molar-refractivity contribution >= 4 is 34.3 Å². The molecule has 2 aliphatic heterocycles. The number of nitrogens with zero attached hydrogens (tertiary/aromatic N) is 2. The number of hydrogen-bond donors (Lipinski definition) is 1. The van der Waals surface area contributed by atoms with Gasteiger partial charge in [0, 0.05) is 34.6 Å². The van der Waals surface area contributed by atoms with E-state index in [1.807, 2.05) is 61.5 Å². The summed E-state index contributed by atoms with van der Waals surface area (Å²) in [5.74, 6) is 1.03. The Labute approximate surface area is 225 Å². The molecule has 0 bridgehead atoms. The van der Waals surface area contributed by atoms with Crippen LogP contribution in [0.1, 0.15) is 35.3 Å². The van der Waals surface area contributed by atoms with E-state index in [1.165, 1.54) is 0 Å². The highest BCUT2D eigenvalue weighted by Gasteiger charge is 2.48. The minimum Gasteiger partial charge on any atom is -0.493 e. The Hall–Kier alpha value is -3.97. The van der Waals surface area contributed by atoms with Crippen molar-refractivity contribution in [1.82, 2.24) is 14.8 Å². The van der Waals surface area contributed by atoms with Crippen LogP contribution < -0.4 is 9.47 Å². The first-order chi connectivity index (χ1) is 18.5. The molecule has 0 radical (unpaired) electrons. The van der Waals surface area contributed by atoms with E-state index in [2.05, 4.69) is 11.1 Å². The molecule has 2 aliphatic rings. The maximum absolute atomic E-state index is 14.0. The molecule has 2 atom stereocenters. The molecule has 0 unspecified atom stereocenters. The van der Waals surface area contributed by atoms with E-state index in [1.54, 1.807) is 23.0 Å². The molecule has 3 aromatic carbocycles. The Morgan fingerprint density at radius 1 is 1.03 bits per heavy atom. The Morgan fingerprint density at radius 3 is 2.61 bits per heavy atom. The van der Waals surface area contributed by atoms with Crippen molar-refractivity contribution in [2.24, 2.45) is 0 Å². The third-order valence-corrected chi connectivity index (χ3v) is 7.83. The van der Waals surface area contributed by atoms with E-state index in [9.17, 15) is 9.59 Å². The highest BCUT2D eigenvalue weighted by molar-refractivity contribution is 6.31. The minimum atomic E-state index is -0.631. The number of amides is 2. The van der Waals surface area contributed by atoms with Crippen LogP contribution in [0, 0.1) is 0 Å².